The van der Waals surface area contributed by atoms with Crippen molar-refractivity contribution in [3.63, 3.8) is 0 Å². The highest BCUT2D eigenvalue weighted by Gasteiger charge is 2.53. The minimum absolute atomic E-state index is 0.110. The molecule has 11 heavy (non-hydrogen) atoms. The lowest BCUT2D eigenvalue weighted by molar-refractivity contribution is -0.148. The van der Waals surface area contributed by atoms with Gasteiger partial charge in [0.05, 0.1) is 0 Å². The van der Waals surface area contributed by atoms with Crippen LogP contribution in [-0.2, 0) is 9.53 Å². The Balaban J connectivity index is 2.12. The van der Waals surface area contributed by atoms with Gasteiger partial charge in [-0.2, -0.15) is 0 Å². The van der Waals surface area contributed by atoms with Crippen LogP contribution in [0.4, 0.5) is 0 Å². The molecule has 0 radical (unpaired) electrons. The normalized spacial score (nSPS) is 35.4. The number of hydrogen-bond donors (Lipinski definition) is 1. The van der Waals surface area contributed by atoms with Crippen LogP contribution in [0.1, 0.15) is 19.3 Å². The SMILES string of the molecule is NC1CC(=O)C12CCOCC2. The average Bonchev–Trinajstić information content (AvgIpc) is 2.07. The molecule has 3 heteroatoms. The van der Waals surface area contributed by atoms with Crippen LogP contribution >= 0.6 is 0 Å². The lowest BCUT2D eigenvalue weighted by Crippen LogP contribution is -2.60. The molecule has 1 aliphatic heterocycles. The Labute approximate surface area is 65.9 Å². The molecular weight excluding hydrogens is 142 g/mol. The van der Waals surface area contributed by atoms with E-state index >= 15 is 0 Å². The molecule has 0 bridgehead atoms. The molecule has 1 heterocycles. The summed E-state index contributed by atoms with van der Waals surface area (Å²) >= 11 is 0. The van der Waals surface area contributed by atoms with Gasteiger partial charge in [0.15, 0.2) is 0 Å². The lowest BCUT2D eigenvalue weighted by Gasteiger charge is -2.48. The summed E-state index contributed by atoms with van der Waals surface area (Å²) in [4.78, 5) is 11.3. The van der Waals surface area contributed by atoms with Crippen molar-refractivity contribution < 1.29 is 9.53 Å². The number of hydrogen-bond acceptors (Lipinski definition) is 3. The second-order valence-corrected chi connectivity index (χ2v) is 3.50. The number of ketones is 1. The van der Waals surface area contributed by atoms with E-state index in [-0.39, 0.29) is 11.5 Å². The van der Waals surface area contributed by atoms with Crippen molar-refractivity contribution in [3.8, 4) is 0 Å². The molecule has 2 rings (SSSR count). The van der Waals surface area contributed by atoms with E-state index < -0.39 is 0 Å². The molecule has 0 aromatic rings. The van der Waals surface area contributed by atoms with E-state index in [9.17, 15) is 4.79 Å². The van der Waals surface area contributed by atoms with Crippen LogP contribution in [0.3, 0.4) is 0 Å². The molecule has 3 nitrogen and oxygen atoms in total. The summed E-state index contributed by atoms with van der Waals surface area (Å²) in [5.74, 6) is 0.355. The molecule has 1 saturated carbocycles. The molecule has 1 atom stereocenters. The highest BCUT2D eigenvalue weighted by atomic mass is 16.5. The smallest absolute Gasteiger partial charge is 0.142 e. The Kier molecular flexibility index (Phi) is 1.51. The molecular formula is C8H13NO2. The summed E-state index contributed by atoms with van der Waals surface area (Å²) in [6.45, 7) is 1.42. The summed E-state index contributed by atoms with van der Waals surface area (Å²) in [5.41, 5.74) is 5.63. The average molecular weight is 155 g/mol. The van der Waals surface area contributed by atoms with Crippen molar-refractivity contribution in [3.05, 3.63) is 0 Å². The van der Waals surface area contributed by atoms with Crippen molar-refractivity contribution in [2.75, 3.05) is 13.2 Å². The summed E-state index contributed by atoms with van der Waals surface area (Å²) in [6.07, 6.45) is 2.26. The van der Waals surface area contributed by atoms with E-state index in [0.29, 0.717) is 25.4 Å². The molecule has 1 unspecified atom stereocenters. The van der Waals surface area contributed by atoms with Crippen molar-refractivity contribution in [2.45, 2.75) is 25.3 Å². The summed E-state index contributed by atoms with van der Waals surface area (Å²) in [5, 5.41) is 0. The summed E-state index contributed by atoms with van der Waals surface area (Å²) in [7, 11) is 0. The van der Waals surface area contributed by atoms with Crippen LogP contribution in [0.5, 0.6) is 0 Å². The van der Waals surface area contributed by atoms with Gasteiger partial charge in [-0.1, -0.05) is 0 Å². The topological polar surface area (TPSA) is 52.3 Å². The van der Waals surface area contributed by atoms with Gasteiger partial charge in [0.1, 0.15) is 5.78 Å². The Bertz CT molecular complexity index is 185. The van der Waals surface area contributed by atoms with Crippen LogP contribution < -0.4 is 5.73 Å². The second kappa shape index (κ2) is 2.29. The third-order valence-electron chi connectivity index (χ3n) is 3.06. The number of ether oxygens (including phenoxy) is 1. The molecule has 2 fully saturated rings. The minimum atomic E-state index is -0.168. The fourth-order valence-corrected chi connectivity index (χ4v) is 2.06. The molecule has 1 saturated heterocycles. The van der Waals surface area contributed by atoms with Gasteiger partial charge in [-0.25, -0.2) is 0 Å². The first-order chi connectivity index (χ1) is 5.26. The lowest BCUT2D eigenvalue weighted by atomic mass is 9.59. The fourth-order valence-electron chi connectivity index (χ4n) is 2.06. The van der Waals surface area contributed by atoms with Gasteiger partial charge in [-0.05, 0) is 12.8 Å². The van der Waals surface area contributed by atoms with Crippen LogP contribution in [0.2, 0.25) is 0 Å². The third-order valence-corrected chi connectivity index (χ3v) is 3.06. The first-order valence-electron chi connectivity index (χ1n) is 4.12. The molecule has 0 aromatic heterocycles. The Morgan fingerprint density at radius 1 is 1.45 bits per heavy atom. The van der Waals surface area contributed by atoms with Crippen LogP contribution in [0, 0.1) is 5.41 Å². The number of nitrogens with two attached hydrogens (primary N) is 1. The van der Waals surface area contributed by atoms with Crippen molar-refractivity contribution in [1.29, 1.82) is 0 Å². The highest BCUT2D eigenvalue weighted by molar-refractivity contribution is 5.92. The largest absolute Gasteiger partial charge is 0.381 e. The Hall–Kier alpha value is -0.410. The van der Waals surface area contributed by atoms with Crippen LogP contribution in [0.25, 0.3) is 0 Å². The molecule has 62 valence electrons. The number of carbonyl (C=O) groups excluding carboxylic acids is 1. The quantitative estimate of drug-likeness (QED) is 0.539. The van der Waals surface area contributed by atoms with Crippen molar-refractivity contribution in [2.24, 2.45) is 11.1 Å². The predicted molar refractivity (Wildman–Crippen MR) is 40.1 cm³/mol. The van der Waals surface area contributed by atoms with Crippen molar-refractivity contribution >= 4 is 5.78 Å². The van der Waals surface area contributed by atoms with E-state index in [1.807, 2.05) is 0 Å². The van der Waals surface area contributed by atoms with Gasteiger partial charge in [0.2, 0.25) is 0 Å². The highest BCUT2D eigenvalue weighted by Crippen LogP contribution is 2.44. The van der Waals surface area contributed by atoms with Crippen molar-refractivity contribution in [1.82, 2.24) is 0 Å². The number of rotatable bonds is 0. The standard InChI is InChI=1S/C8H13NO2/c9-6-5-7(10)8(6)1-3-11-4-2-8/h6H,1-5,9H2. The maximum absolute atomic E-state index is 11.3. The molecule has 2 N–H and O–H groups in total. The number of Topliss-reactive ketones (excluding diaryl/α,β-unsaturated/α-hetero) is 1. The molecule has 0 amide bonds. The zero-order chi connectivity index (χ0) is 7.90. The molecule has 1 aliphatic carbocycles. The first kappa shape index (κ1) is 7.25. The van der Waals surface area contributed by atoms with Gasteiger partial charge in [0, 0.05) is 31.1 Å². The van der Waals surface area contributed by atoms with E-state index in [1.54, 1.807) is 0 Å². The summed E-state index contributed by atoms with van der Waals surface area (Å²) in [6, 6.07) is 0.110. The van der Waals surface area contributed by atoms with Gasteiger partial charge >= 0.3 is 0 Å². The molecule has 2 aliphatic rings. The van der Waals surface area contributed by atoms with Crippen LogP contribution in [0.15, 0.2) is 0 Å². The van der Waals surface area contributed by atoms with E-state index in [0.717, 1.165) is 12.8 Å². The predicted octanol–water partition coefficient (Wildman–Crippen LogP) is 0.0833. The third kappa shape index (κ3) is 0.844. The Morgan fingerprint density at radius 2 is 2.09 bits per heavy atom. The monoisotopic (exact) mass is 155 g/mol. The fraction of sp³-hybridized carbons (Fsp3) is 0.875. The minimum Gasteiger partial charge on any atom is -0.381 e. The zero-order valence-corrected chi connectivity index (χ0v) is 6.51. The first-order valence-corrected chi connectivity index (χ1v) is 4.12. The van der Waals surface area contributed by atoms with E-state index in [4.69, 9.17) is 10.5 Å². The van der Waals surface area contributed by atoms with Gasteiger partial charge < -0.3 is 10.5 Å². The van der Waals surface area contributed by atoms with E-state index in [1.165, 1.54) is 0 Å². The maximum atomic E-state index is 11.3. The second-order valence-electron chi connectivity index (χ2n) is 3.50. The van der Waals surface area contributed by atoms with Gasteiger partial charge in [-0.3, -0.25) is 4.79 Å². The maximum Gasteiger partial charge on any atom is 0.142 e. The molecule has 1 spiro atoms. The molecule has 0 aromatic carbocycles. The Morgan fingerprint density at radius 3 is 2.45 bits per heavy atom. The number of carbonyl (C=O) groups is 1. The van der Waals surface area contributed by atoms with Crippen LogP contribution in [-0.4, -0.2) is 25.0 Å². The van der Waals surface area contributed by atoms with Gasteiger partial charge in [-0.15, -0.1) is 0 Å². The zero-order valence-electron chi connectivity index (χ0n) is 6.51. The van der Waals surface area contributed by atoms with E-state index in [2.05, 4.69) is 0 Å². The van der Waals surface area contributed by atoms with Gasteiger partial charge in [0.25, 0.3) is 0 Å². The summed E-state index contributed by atoms with van der Waals surface area (Å²) < 4.78 is 5.19.